The Morgan fingerprint density at radius 3 is 2.68 bits per heavy atom. The summed E-state index contributed by atoms with van der Waals surface area (Å²) in [5.41, 5.74) is 1.22. The minimum absolute atomic E-state index is 0.593. The van der Waals surface area contributed by atoms with Crippen LogP contribution >= 0.6 is 0 Å². The second-order valence-corrected chi connectivity index (χ2v) is 7.52. The lowest BCUT2D eigenvalue weighted by atomic mass is 10.2. The lowest BCUT2D eigenvalue weighted by Gasteiger charge is -2.25. The van der Waals surface area contributed by atoms with E-state index in [9.17, 15) is 0 Å². The zero-order valence-electron chi connectivity index (χ0n) is 16.8. The van der Waals surface area contributed by atoms with E-state index < -0.39 is 0 Å². The molecule has 1 saturated heterocycles. The van der Waals surface area contributed by atoms with Crippen molar-refractivity contribution in [2.24, 2.45) is 12.0 Å². The summed E-state index contributed by atoms with van der Waals surface area (Å²) in [5.74, 6) is 2.80. The zero-order valence-corrected chi connectivity index (χ0v) is 16.8. The minimum atomic E-state index is 0.593. The molecule has 1 N–H and O–H groups in total. The highest BCUT2D eigenvalue weighted by molar-refractivity contribution is 5.80. The van der Waals surface area contributed by atoms with Gasteiger partial charge in [0.25, 0.3) is 0 Å². The quantitative estimate of drug-likeness (QED) is 0.487. The van der Waals surface area contributed by atoms with Crippen molar-refractivity contribution in [1.82, 2.24) is 29.9 Å². The number of aryl methyl sites for hydroxylation is 1. The highest BCUT2D eigenvalue weighted by Crippen LogP contribution is 2.18. The van der Waals surface area contributed by atoms with E-state index in [4.69, 9.17) is 4.99 Å². The van der Waals surface area contributed by atoms with Gasteiger partial charge in [0.05, 0.1) is 13.1 Å². The van der Waals surface area contributed by atoms with E-state index in [0.29, 0.717) is 19.1 Å². The van der Waals surface area contributed by atoms with Gasteiger partial charge >= 0.3 is 0 Å². The monoisotopic (exact) mass is 379 g/mol. The maximum Gasteiger partial charge on any atom is 0.194 e. The third-order valence-corrected chi connectivity index (χ3v) is 5.67. The van der Waals surface area contributed by atoms with Crippen molar-refractivity contribution in [1.29, 1.82) is 0 Å². The first-order chi connectivity index (χ1) is 13.7. The SMILES string of the molecule is Cc1nnc(CNC(=NCc2ccccc2)N2CCC(N3CC=CC3)C2)n1C. The van der Waals surface area contributed by atoms with Gasteiger partial charge in [-0.2, -0.15) is 0 Å². The normalized spacial score (nSPS) is 20.3. The summed E-state index contributed by atoms with van der Waals surface area (Å²) >= 11 is 0. The molecule has 148 valence electrons. The van der Waals surface area contributed by atoms with Crippen LogP contribution < -0.4 is 5.32 Å². The van der Waals surface area contributed by atoms with Crippen molar-refractivity contribution in [2.45, 2.75) is 32.5 Å². The number of aromatic nitrogens is 3. The number of nitrogens with one attached hydrogen (secondary N) is 1. The molecule has 7 nitrogen and oxygen atoms in total. The Morgan fingerprint density at radius 2 is 1.96 bits per heavy atom. The summed E-state index contributed by atoms with van der Waals surface area (Å²) in [4.78, 5) is 9.86. The van der Waals surface area contributed by atoms with Crippen molar-refractivity contribution in [3.8, 4) is 0 Å². The number of aliphatic imine (C=N–C) groups is 1. The minimum Gasteiger partial charge on any atom is -0.349 e. The van der Waals surface area contributed by atoms with E-state index in [1.165, 1.54) is 12.0 Å². The molecule has 2 aliphatic heterocycles. The number of likely N-dealkylation sites (tertiary alicyclic amines) is 1. The van der Waals surface area contributed by atoms with Crippen LogP contribution in [0, 0.1) is 6.92 Å². The van der Waals surface area contributed by atoms with Gasteiger partial charge in [-0.15, -0.1) is 10.2 Å². The molecule has 0 radical (unpaired) electrons. The van der Waals surface area contributed by atoms with Crippen LogP contribution in [0.25, 0.3) is 0 Å². The number of nitrogens with zero attached hydrogens (tertiary/aromatic N) is 6. The molecule has 28 heavy (non-hydrogen) atoms. The molecule has 2 aliphatic rings. The maximum absolute atomic E-state index is 4.93. The number of hydrogen-bond donors (Lipinski definition) is 1. The molecule has 1 unspecified atom stereocenters. The Hall–Kier alpha value is -2.67. The van der Waals surface area contributed by atoms with Gasteiger partial charge in [0.15, 0.2) is 11.8 Å². The second kappa shape index (κ2) is 8.56. The molecule has 7 heteroatoms. The van der Waals surface area contributed by atoms with Crippen LogP contribution in [-0.4, -0.2) is 62.7 Å². The molecule has 0 aliphatic carbocycles. The van der Waals surface area contributed by atoms with E-state index in [2.05, 4.69) is 61.7 Å². The average Bonchev–Trinajstić information content (AvgIpc) is 3.46. The highest BCUT2D eigenvalue weighted by Gasteiger charge is 2.29. The number of hydrogen-bond acceptors (Lipinski definition) is 4. The smallest absolute Gasteiger partial charge is 0.194 e. The van der Waals surface area contributed by atoms with Gasteiger partial charge in [-0.3, -0.25) is 4.90 Å². The van der Waals surface area contributed by atoms with E-state index in [0.717, 1.165) is 43.8 Å². The Balaban J connectivity index is 1.45. The molecule has 1 fully saturated rings. The van der Waals surface area contributed by atoms with Crippen LogP contribution in [0.2, 0.25) is 0 Å². The molecule has 0 amide bonds. The largest absolute Gasteiger partial charge is 0.349 e. The van der Waals surface area contributed by atoms with Gasteiger partial charge in [0.2, 0.25) is 0 Å². The Kier molecular flexibility index (Phi) is 5.71. The first kappa shape index (κ1) is 18.7. The summed E-state index contributed by atoms with van der Waals surface area (Å²) in [7, 11) is 2.00. The van der Waals surface area contributed by atoms with Gasteiger partial charge in [-0.25, -0.2) is 4.99 Å². The van der Waals surface area contributed by atoms with Gasteiger partial charge in [-0.1, -0.05) is 42.5 Å². The van der Waals surface area contributed by atoms with E-state index in [1.807, 2.05) is 24.6 Å². The molecule has 4 rings (SSSR count). The topological polar surface area (TPSA) is 61.6 Å². The van der Waals surface area contributed by atoms with E-state index >= 15 is 0 Å². The molecule has 2 aromatic rings. The van der Waals surface area contributed by atoms with Crippen molar-refractivity contribution in [2.75, 3.05) is 26.2 Å². The summed E-state index contributed by atoms with van der Waals surface area (Å²) in [6.45, 7) is 7.45. The van der Waals surface area contributed by atoms with Crippen LogP contribution in [0.1, 0.15) is 23.6 Å². The van der Waals surface area contributed by atoms with Gasteiger partial charge in [0, 0.05) is 39.3 Å². The van der Waals surface area contributed by atoms with Gasteiger partial charge in [-0.05, 0) is 18.9 Å². The maximum atomic E-state index is 4.93. The fourth-order valence-corrected chi connectivity index (χ4v) is 3.81. The third-order valence-electron chi connectivity index (χ3n) is 5.67. The van der Waals surface area contributed by atoms with Gasteiger partial charge in [0.1, 0.15) is 5.82 Å². The van der Waals surface area contributed by atoms with Crippen LogP contribution in [0.15, 0.2) is 47.5 Å². The van der Waals surface area contributed by atoms with Gasteiger partial charge < -0.3 is 14.8 Å². The lowest BCUT2D eigenvalue weighted by Crippen LogP contribution is -2.43. The Labute approximate surface area is 166 Å². The summed E-state index contributed by atoms with van der Waals surface area (Å²) in [5, 5.41) is 12.0. The Bertz CT molecular complexity index is 832. The molecule has 1 aromatic heterocycles. The summed E-state index contributed by atoms with van der Waals surface area (Å²) in [6.07, 6.45) is 5.71. The van der Waals surface area contributed by atoms with Crippen molar-refractivity contribution in [3.05, 3.63) is 59.7 Å². The molecule has 0 spiro atoms. The first-order valence-corrected chi connectivity index (χ1v) is 10.0. The van der Waals surface area contributed by atoms with Crippen LogP contribution in [0.3, 0.4) is 0 Å². The molecule has 3 heterocycles. The van der Waals surface area contributed by atoms with Crippen molar-refractivity contribution >= 4 is 5.96 Å². The molecule has 0 bridgehead atoms. The van der Waals surface area contributed by atoms with E-state index in [1.54, 1.807) is 0 Å². The fraction of sp³-hybridized carbons (Fsp3) is 0.476. The molecular weight excluding hydrogens is 350 g/mol. The summed E-state index contributed by atoms with van der Waals surface area (Å²) in [6, 6.07) is 11.0. The van der Waals surface area contributed by atoms with E-state index in [-0.39, 0.29) is 0 Å². The number of guanidine groups is 1. The van der Waals surface area contributed by atoms with Crippen LogP contribution in [0.5, 0.6) is 0 Å². The van der Waals surface area contributed by atoms with Crippen molar-refractivity contribution < 1.29 is 0 Å². The number of rotatable bonds is 5. The lowest BCUT2D eigenvalue weighted by molar-refractivity contribution is 0.259. The van der Waals surface area contributed by atoms with Crippen LogP contribution in [0.4, 0.5) is 0 Å². The van der Waals surface area contributed by atoms with Crippen LogP contribution in [-0.2, 0) is 20.1 Å². The summed E-state index contributed by atoms with van der Waals surface area (Å²) < 4.78 is 2.02. The molecule has 0 saturated carbocycles. The average molecular weight is 380 g/mol. The predicted octanol–water partition coefficient (Wildman–Crippen LogP) is 1.72. The fourth-order valence-electron chi connectivity index (χ4n) is 3.81. The highest BCUT2D eigenvalue weighted by atomic mass is 15.4. The zero-order chi connectivity index (χ0) is 19.3. The standard InChI is InChI=1S/C21H29N7/c1-17-24-25-20(26(17)2)15-23-21(22-14-18-8-4-3-5-9-18)28-13-10-19(16-28)27-11-6-7-12-27/h3-9,19H,10-16H2,1-2H3,(H,22,23). The molecule has 1 atom stereocenters. The molecular formula is C21H29N7. The third kappa shape index (κ3) is 4.25. The second-order valence-electron chi connectivity index (χ2n) is 7.52. The van der Waals surface area contributed by atoms with Crippen molar-refractivity contribution in [3.63, 3.8) is 0 Å². The number of benzene rings is 1. The first-order valence-electron chi connectivity index (χ1n) is 10.0. The predicted molar refractivity (Wildman–Crippen MR) is 111 cm³/mol. The Morgan fingerprint density at radius 1 is 1.18 bits per heavy atom. The molecule has 1 aromatic carbocycles.